The zero-order valence-corrected chi connectivity index (χ0v) is 12.6. The number of benzene rings is 2. The zero-order valence-electron chi connectivity index (χ0n) is 10.3. The van der Waals surface area contributed by atoms with Gasteiger partial charge < -0.3 is 0 Å². The Hall–Kier alpha value is -0.930. The Morgan fingerprint density at radius 3 is 2.58 bits per heavy atom. The van der Waals surface area contributed by atoms with Crippen LogP contribution in [0.25, 0.3) is 0 Å². The first kappa shape index (κ1) is 14.5. The molecule has 19 heavy (non-hydrogen) atoms. The summed E-state index contributed by atoms with van der Waals surface area (Å²) in [5.74, 6) is -1.10. The highest BCUT2D eigenvalue weighted by Gasteiger charge is 2.16. The number of halogens is 4. The Balaban J connectivity index is 2.25. The van der Waals surface area contributed by atoms with Crippen LogP contribution in [-0.2, 0) is 6.42 Å². The summed E-state index contributed by atoms with van der Waals surface area (Å²) in [7, 11) is 0. The molecule has 0 aliphatic carbocycles. The molecule has 0 saturated heterocycles. The van der Waals surface area contributed by atoms with Crippen LogP contribution in [0.1, 0.15) is 21.5 Å². The molecule has 2 aromatic rings. The van der Waals surface area contributed by atoms with E-state index in [9.17, 15) is 8.78 Å². The molecule has 2 rings (SSSR count). The lowest BCUT2D eigenvalue weighted by Crippen LogP contribution is -2.00. The van der Waals surface area contributed by atoms with Gasteiger partial charge in [-0.05, 0) is 31.0 Å². The van der Waals surface area contributed by atoms with Gasteiger partial charge in [-0.25, -0.2) is 8.78 Å². The maximum absolute atomic E-state index is 13.8. The largest absolute Gasteiger partial charge is 0.207 e. The average molecular weight is 346 g/mol. The smallest absolute Gasteiger partial charge is 0.142 e. The maximum atomic E-state index is 13.8. The second-order valence-electron chi connectivity index (χ2n) is 4.45. The summed E-state index contributed by atoms with van der Waals surface area (Å²) in [6.07, 6.45) is 0.583. The molecule has 0 bridgehead atoms. The van der Waals surface area contributed by atoms with E-state index in [2.05, 4.69) is 15.9 Å². The SMILES string of the molecule is Cc1cccc(CC(Br)c2cc(F)c(Cl)cc2F)c1. The molecule has 0 aliphatic heterocycles. The van der Waals surface area contributed by atoms with Crippen LogP contribution >= 0.6 is 27.5 Å². The van der Waals surface area contributed by atoms with Crippen molar-refractivity contribution in [1.29, 1.82) is 0 Å². The quantitative estimate of drug-likeness (QED) is 0.501. The van der Waals surface area contributed by atoms with Gasteiger partial charge in [0.2, 0.25) is 0 Å². The van der Waals surface area contributed by atoms with Gasteiger partial charge in [0.05, 0.1) is 5.02 Å². The van der Waals surface area contributed by atoms with Crippen molar-refractivity contribution in [1.82, 2.24) is 0 Å². The molecule has 2 aromatic carbocycles. The molecule has 1 atom stereocenters. The summed E-state index contributed by atoms with van der Waals surface area (Å²) >= 11 is 8.95. The highest BCUT2D eigenvalue weighted by Crippen LogP contribution is 2.31. The molecule has 100 valence electrons. The van der Waals surface area contributed by atoms with Crippen molar-refractivity contribution in [2.75, 3.05) is 0 Å². The Morgan fingerprint density at radius 2 is 1.89 bits per heavy atom. The molecule has 0 fully saturated rings. The van der Waals surface area contributed by atoms with E-state index in [0.29, 0.717) is 6.42 Å². The first-order chi connectivity index (χ1) is 8.97. The summed E-state index contributed by atoms with van der Waals surface area (Å²) in [4.78, 5) is -0.291. The average Bonchev–Trinajstić information content (AvgIpc) is 2.33. The van der Waals surface area contributed by atoms with Crippen LogP contribution in [0.5, 0.6) is 0 Å². The molecule has 0 saturated carbocycles. The van der Waals surface area contributed by atoms with Crippen molar-refractivity contribution < 1.29 is 8.78 Å². The molecule has 0 spiro atoms. The van der Waals surface area contributed by atoms with E-state index in [0.717, 1.165) is 23.3 Å². The molecule has 0 amide bonds. The molecular formula is C15H12BrClF2. The van der Waals surface area contributed by atoms with Crippen molar-refractivity contribution in [2.24, 2.45) is 0 Å². The third-order valence-electron chi connectivity index (χ3n) is 2.87. The lowest BCUT2D eigenvalue weighted by molar-refractivity contribution is 0.584. The van der Waals surface area contributed by atoms with Gasteiger partial charge in [-0.2, -0.15) is 0 Å². The van der Waals surface area contributed by atoms with E-state index in [4.69, 9.17) is 11.6 Å². The van der Waals surface area contributed by atoms with E-state index in [1.807, 2.05) is 31.2 Å². The van der Waals surface area contributed by atoms with Gasteiger partial charge in [-0.3, -0.25) is 0 Å². The van der Waals surface area contributed by atoms with Gasteiger partial charge in [0.15, 0.2) is 0 Å². The summed E-state index contributed by atoms with van der Waals surface area (Å²) in [6, 6.07) is 10.1. The normalized spacial score (nSPS) is 12.5. The number of hydrogen-bond donors (Lipinski definition) is 0. The minimum atomic E-state index is -0.605. The fourth-order valence-electron chi connectivity index (χ4n) is 1.93. The van der Waals surface area contributed by atoms with Crippen molar-refractivity contribution >= 4 is 27.5 Å². The highest BCUT2D eigenvalue weighted by molar-refractivity contribution is 9.09. The molecule has 4 heteroatoms. The molecule has 0 radical (unpaired) electrons. The third kappa shape index (κ3) is 3.54. The minimum Gasteiger partial charge on any atom is -0.207 e. The molecule has 0 N–H and O–H groups in total. The summed E-state index contributed by atoms with van der Waals surface area (Å²) in [6.45, 7) is 2.00. The first-order valence-corrected chi connectivity index (χ1v) is 7.11. The van der Waals surface area contributed by atoms with Crippen LogP contribution in [0.2, 0.25) is 5.02 Å². The van der Waals surface area contributed by atoms with E-state index in [1.54, 1.807) is 0 Å². The van der Waals surface area contributed by atoms with Crippen LogP contribution in [0.4, 0.5) is 8.78 Å². The molecule has 0 heterocycles. The van der Waals surface area contributed by atoms with Gasteiger partial charge in [0, 0.05) is 10.4 Å². The van der Waals surface area contributed by atoms with Gasteiger partial charge >= 0.3 is 0 Å². The predicted molar refractivity (Wildman–Crippen MR) is 77.9 cm³/mol. The summed E-state index contributed by atoms with van der Waals surface area (Å²) < 4.78 is 27.2. The Morgan fingerprint density at radius 1 is 1.16 bits per heavy atom. The lowest BCUT2D eigenvalue weighted by Gasteiger charge is -2.12. The fourth-order valence-corrected chi connectivity index (χ4v) is 2.81. The number of rotatable bonds is 3. The summed E-state index contributed by atoms with van der Waals surface area (Å²) in [5.41, 5.74) is 2.49. The van der Waals surface area contributed by atoms with Gasteiger partial charge in [-0.1, -0.05) is 57.4 Å². The fraction of sp³-hybridized carbons (Fsp3) is 0.200. The van der Waals surface area contributed by atoms with Crippen LogP contribution in [-0.4, -0.2) is 0 Å². The van der Waals surface area contributed by atoms with E-state index in [-0.39, 0.29) is 15.4 Å². The lowest BCUT2D eigenvalue weighted by atomic mass is 10.0. The minimum absolute atomic E-state index is 0.198. The Bertz CT molecular complexity index is 599. The van der Waals surface area contributed by atoms with Crippen LogP contribution in [0, 0.1) is 18.6 Å². The molecule has 0 nitrogen and oxygen atoms in total. The van der Waals surface area contributed by atoms with Crippen molar-refractivity contribution in [3.05, 3.63) is 69.7 Å². The van der Waals surface area contributed by atoms with E-state index >= 15 is 0 Å². The monoisotopic (exact) mass is 344 g/mol. The van der Waals surface area contributed by atoms with Gasteiger partial charge in [0.1, 0.15) is 11.6 Å². The Labute approximate surface area is 124 Å². The molecule has 0 aliphatic rings. The standard InChI is InChI=1S/C15H12BrClF2/c1-9-3-2-4-10(5-9)6-12(16)11-7-15(19)13(17)8-14(11)18/h2-5,7-8,12H,6H2,1H3. The van der Waals surface area contributed by atoms with Crippen LogP contribution < -0.4 is 0 Å². The zero-order chi connectivity index (χ0) is 14.0. The molecule has 1 unspecified atom stereocenters. The van der Waals surface area contributed by atoms with E-state index in [1.165, 1.54) is 0 Å². The maximum Gasteiger partial charge on any atom is 0.142 e. The molecule has 0 aromatic heterocycles. The van der Waals surface area contributed by atoms with Gasteiger partial charge in [0.25, 0.3) is 0 Å². The third-order valence-corrected chi connectivity index (χ3v) is 3.98. The second-order valence-corrected chi connectivity index (χ2v) is 5.96. The second kappa shape index (κ2) is 6.02. The number of aryl methyl sites for hydroxylation is 1. The topological polar surface area (TPSA) is 0 Å². The van der Waals surface area contributed by atoms with Gasteiger partial charge in [-0.15, -0.1) is 0 Å². The Kier molecular flexibility index (Phi) is 4.58. The predicted octanol–water partition coefficient (Wildman–Crippen LogP) is 5.61. The molecular weight excluding hydrogens is 334 g/mol. The van der Waals surface area contributed by atoms with E-state index < -0.39 is 11.6 Å². The van der Waals surface area contributed by atoms with Crippen molar-refractivity contribution in [2.45, 2.75) is 18.2 Å². The first-order valence-electron chi connectivity index (χ1n) is 5.81. The van der Waals surface area contributed by atoms with Crippen molar-refractivity contribution in [3.63, 3.8) is 0 Å². The van der Waals surface area contributed by atoms with Crippen LogP contribution in [0.15, 0.2) is 36.4 Å². The number of hydrogen-bond acceptors (Lipinski definition) is 0. The highest BCUT2D eigenvalue weighted by atomic mass is 79.9. The van der Waals surface area contributed by atoms with Crippen LogP contribution in [0.3, 0.4) is 0 Å². The van der Waals surface area contributed by atoms with Crippen molar-refractivity contribution in [3.8, 4) is 0 Å². The summed E-state index contributed by atoms with van der Waals surface area (Å²) in [5, 5.41) is -0.198. The number of alkyl halides is 1.